The zero-order valence-corrected chi connectivity index (χ0v) is 16.5. The van der Waals surface area contributed by atoms with Crippen LogP contribution < -0.4 is 9.05 Å². The maximum absolute atomic E-state index is 6.69. The van der Waals surface area contributed by atoms with Crippen LogP contribution in [0.25, 0.3) is 0 Å². The summed E-state index contributed by atoms with van der Waals surface area (Å²) in [5, 5.41) is 0. The molecule has 3 unspecified atom stereocenters. The van der Waals surface area contributed by atoms with E-state index in [-0.39, 0.29) is 0 Å². The molecule has 1 saturated heterocycles. The number of fused-ring (bicyclic) bond motifs is 2. The van der Waals surface area contributed by atoms with Crippen LogP contribution in [-0.4, -0.2) is 17.8 Å². The van der Waals surface area contributed by atoms with Crippen LogP contribution in [0.4, 0.5) is 0 Å². The second-order valence-corrected chi connectivity index (χ2v) is 10.00. The summed E-state index contributed by atoms with van der Waals surface area (Å²) < 4.78 is 15.6. The Morgan fingerprint density at radius 3 is 2.59 bits per heavy atom. The van der Waals surface area contributed by atoms with Crippen molar-refractivity contribution in [1.82, 2.24) is 4.67 Å². The molecular formula is C23H26NO2P. The van der Waals surface area contributed by atoms with Crippen LogP contribution in [0.1, 0.15) is 48.3 Å². The molecule has 0 N–H and O–H groups in total. The topological polar surface area (TPSA) is 21.7 Å². The fraction of sp³-hybridized carbons (Fsp3) is 0.478. The first kappa shape index (κ1) is 16.4. The highest BCUT2D eigenvalue weighted by Crippen LogP contribution is 2.57. The molecule has 6 rings (SSSR count). The number of hydrogen-bond donors (Lipinski definition) is 0. The first-order chi connectivity index (χ1) is 13.3. The predicted molar refractivity (Wildman–Crippen MR) is 108 cm³/mol. The first-order valence-electron chi connectivity index (χ1n) is 10.5. The summed E-state index contributed by atoms with van der Waals surface area (Å²) in [5.41, 5.74) is 4.45. The lowest BCUT2D eigenvalue weighted by Gasteiger charge is -2.27. The Morgan fingerprint density at radius 1 is 0.889 bits per heavy atom. The molecule has 2 fully saturated rings. The van der Waals surface area contributed by atoms with Crippen molar-refractivity contribution in [2.24, 2.45) is 11.8 Å². The molecule has 2 aliphatic heterocycles. The standard InChI is InChI=1S/C23H26NO2P/c1-2-12-24(11-1)27-25-20-7-3-5-16(14-20)13-18-9-10-19-15-17-6-4-8-21(26-27)23(17)22(18)19/h3-8,14,18-19,22H,1-2,9-13,15H2/t18-,19?,22?,27?/m1/s1. The maximum Gasteiger partial charge on any atom is 0.384 e. The average Bonchev–Trinajstić information content (AvgIpc) is 3.39. The smallest absolute Gasteiger partial charge is 0.384 e. The summed E-state index contributed by atoms with van der Waals surface area (Å²) in [5.74, 6) is 4.26. The highest BCUT2D eigenvalue weighted by Gasteiger charge is 2.45. The maximum atomic E-state index is 6.69. The van der Waals surface area contributed by atoms with E-state index in [9.17, 15) is 0 Å². The van der Waals surface area contributed by atoms with Gasteiger partial charge in [0.2, 0.25) is 0 Å². The van der Waals surface area contributed by atoms with Gasteiger partial charge in [0.1, 0.15) is 11.5 Å². The van der Waals surface area contributed by atoms with Gasteiger partial charge in [-0.2, -0.15) is 0 Å². The Balaban J connectivity index is 1.47. The molecular weight excluding hydrogens is 353 g/mol. The summed E-state index contributed by atoms with van der Waals surface area (Å²) >= 11 is 0. The van der Waals surface area contributed by atoms with Crippen molar-refractivity contribution in [2.45, 2.75) is 44.4 Å². The van der Waals surface area contributed by atoms with Gasteiger partial charge in [-0.1, -0.05) is 24.3 Å². The van der Waals surface area contributed by atoms with Gasteiger partial charge in [0.05, 0.1) is 0 Å². The molecule has 2 bridgehead atoms. The fourth-order valence-corrected chi connectivity index (χ4v) is 7.31. The van der Waals surface area contributed by atoms with E-state index in [0.717, 1.165) is 42.8 Å². The molecule has 0 spiro atoms. The molecule has 1 saturated carbocycles. The molecule has 4 aliphatic rings. The zero-order valence-electron chi connectivity index (χ0n) is 15.6. The van der Waals surface area contributed by atoms with Crippen LogP contribution in [0.3, 0.4) is 0 Å². The van der Waals surface area contributed by atoms with Gasteiger partial charge in [-0.3, -0.25) is 0 Å². The van der Waals surface area contributed by atoms with Crippen molar-refractivity contribution in [3.8, 4) is 11.5 Å². The van der Waals surface area contributed by atoms with Crippen LogP contribution in [0.15, 0.2) is 42.5 Å². The van der Waals surface area contributed by atoms with E-state index in [1.807, 2.05) is 0 Å². The summed E-state index contributed by atoms with van der Waals surface area (Å²) in [4.78, 5) is 0. The van der Waals surface area contributed by atoms with E-state index in [1.54, 1.807) is 0 Å². The van der Waals surface area contributed by atoms with Crippen LogP contribution in [0.2, 0.25) is 0 Å². The third kappa shape index (κ3) is 2.79. The van der Waals surface area contributed by atoms with Crippen molar-refractivity contribution < 1.29 is 9.05 Å². The number of rotatable bonds is 1. The van der Waals surface area contributed by atoms with E-state index >= 15 is 0 Å². The summed E-state index contributed by atoms with van der Waals surface area (Å²) in [7, 11) is -1.10. The summed E-state index contributed by atoms with van der Waals surface area (Å²) in [6, 6.07) is 15.5. The van der Waals surface area contributed by atoms with E-state index in [4.69, 9.17) is 9.05 Å². The minimum Gasteiger partial charge on any atom is -0.427 e. The average molecular weight is 379 g/mol. The van der Waals surface area contributed by atoms with Gasteiger partial charge in [-0.15, -0.1) is 0 Å². The predicted octanol–water partition coefficient (Wildman–Crippen LogP) is 5.69. The van der Waals surface area contributed by atoms with Crippen LogP contribution >= 0.6 is 8.53 Å². The minimum atomic E-state index is -1.10. The quantitative estimate of drug-likeness (QED) is 0.594. The van der Waals surface area contributed by atoms with Gasteiger partial charge < -0.3 is 9.05 Å². The summed E-state index contributed by atoms with van der Waals surface area (Å²) in [6.07, 6.45) is 7.58. The van der Waals surface area contributed by atoms with Gasteiger partial charge in [-0.05, 0) is 85.6 Å². The van der Waals surface area contributed by atoms with Crippen molar-refractivity contribution in [3.63, 3.8) is 0 Å². The number of nitrogens with zero attached hydrogens (tertiary/aromatic N) is 1. The van der Waals surface area contributed by atoms with E-state index in [1.165, 1.54) is 48.8 Å². The second-order valence-electron chi connectivity index (χ2n) is 8.59. The molecule has 4 heteroatoms. The highest BCUT2D eigenvalue weighted by atomic mass is 31.2. The second kappa shape index (κ2) is 6.50. The van der Waals surface area contributed by atoms with Gasteiger partial charge >= 0.3 is 8.53 Å². The lowest BCUT2D eigenvalue weighted by Crippen LogP contribution is -2.19. The van der Waals surface area contributed by atoms with Crippen LogP contribution in [0.5, 0.6) is 11.5 Å². The lowest BCUT2D eigenvalue weighted by atomic mass is 9.84. The normalized spacial score (nSPS) is 31.7. The van der Waals surface area contributed by atoms with Gasteiger partial charge in [-0.25, -0.2) is 4.67 Å². The molecule has 0 aromatic heterocycles. The molecule has 2 aromatic carbocycles. The SMILES string of the molecule is c1cc2cc(c1)OP(N1CCCC1)Oc1cccc3c1C1C(CC[C@@H]1C2)C3. The molecule has 2 heterocycles. The largest absolute Gasteiger partial charge is 0.427 e. The molecule has 2 aliphatic carbocycles. The Bertz CT molecular complexity index is 863. The Hall–Kier alpha value is -1.57. The van der Waals surface area contributed by atoms with E-state index in [0.29, 0.717) is 5.92 Å². The zero-order chi connectivity index (χ0) is 17.8. The molecule has 4 atom stereocenters. The Kier molecular flexibility index (Phi) is 3.94. The molecule has 2 aromatic rings. The molecule has 0 amide bonds. The lowest BCUT2D eigenvalue weighted by molar-refractivity contribution is 0.385. The minimum absolute atomic E-state index is 0.661. The molecule has 3 nitrogen and oxygen atoms in total. The third-order valence-corrected chi connectivity index (χ3v) is 8.55. The first-order valence-corrected chi connectivity index (χ1v) is 11.6. The van der Waals surface area contributed by atoms with E-state index < -0.39 is 8.53 Å². The van der Waals surface area contributed by atoms with Crippen LogP contribution in [0, 0.1) is 11.8 Å². The molecule has 27 heavy (non-hydrogen) atoms. The number of benzene rings is 2. The number of hydrogen-bond acceptors (Lipinski definition) is 3. The van der Waals surface area contributed by atoms with Crippen LogP contribution in [-0.2, 0) is 12.8 Å². The Labute approximate surface area is 162 Å². The van der Waals surface area contributed by atoms with Gasteiger partial charge in [0.15, 0.2) is 0 Å². The van der Waals surface area contributed by atoms with Gasteiger partial charge in [0, 0.05) is 18.7 Å². The fourth-order valence-electron chi connectivity index (χ4n) is 5.81. The van der Waals surface area contributed by atoms with Crippen molar-refractivity contribution >= 4 is 8.53 Å². The van der Waals surface area contributed by atoms with Crippen molar-refractivity contribution in [2.75, 3.05) is 13.1 Å². The van der Waals surface area contributed by atoms with Crippen molar-refractivity contribution in [1.29, 1.82) is 0 Å². The van der Waals surface area contributed by atoms with Crippen molar-refractivity contribution in [3.05, 3.63) is 59.2 Å². The molecule has 140 valence electrons. The summed E-state index contributed by atoms with van der Waals surface area (Å²) in [6.45, 7) is 2.16. The van der Waals surface area contributed by atoms with Gasteiger partial charge in [0.25, 0.3) is 0 Å². The highest BCUT2D eigenvalue weighted by molar-refractivity contribution is 7.45. The van der Waals surface area contributed by atoms with E-state index in [2.05, 4.69) is 47.1 Å². The monoisotopic (exact) mass is 379 g/mol. The Morgan fingerprint density at radius 2 is 1.70 bits per heavy atom. The molecule has 0 radical (unpaired) electrons. The third-order valence-electron chi connectivity index (χ3n) is 6.97.